The number of anilines is 1. The normalized spacial score (nSPS) is 10.8. The fourth-order valence-electron chi connectivity index (χ4n) is 1.92. The lowest BCUT2D eigenvalue weighted by Gasteiger charge is -2.04. The molecule has 0 radical (unpaired) electrons. The molecule has 0 saturated carbocycles. The van der Waals surface area contributed by atoms with Crippen molar-refractivity contribution in [2.45, 2.75) is 6.54 Å². The number of halogens is 2. The van der Waals surface area contributed by atoms with Crippen LogP contribution in [0.5, 0.6) is 0 Å². The van der Waals surface area contributed by atoms with Crippen molar-refractivity contribution in [2.24, 2.45) is 0 Å². The summed E-state index contributed by atoms with van der Waals surface area (Å²) < 4.78 is 18.4. The number of rotatable bonds is 3. The molecule has 0 aliphatic rings. The van der Waals surface area contributed by atoms with E-state index < -0.39 is 5.95 Å². The van der Waals surface area contributed by atoms with Crippen LogP contribution in [0.1, 0.15) is 5.56 Å². The molecule has 3 nitrogen and oxygen atoms in total. The van der Waals surface area contributed by atoms with Crippen molar-refractivity contribution in [2.75, 3.05) is 5.32 Å². The van der Waals surface area contributed by atoms with Crippen LogP contribution in [-0.4, -0.2) is 4.98 Å². The minimum Gasteiger partial charge on any atom is -0.444 e. The Hall–Kier alpha value is -2.07. The topological polar surface area (TPSA) is 38.1 Å². The molecule has 0 bridgehead atoms. The largest absolute Gasteiger partial charge is 0.444 e. The number of hydrogen-bond donors (Lipinski definition) is 1. The summed E-state index contributed by atoms with van der Waals surface area (Å²) in [6.07, 6.45) is 0. The highest BCUT2D eigenvalue weighted by molar-refractivity contribution is 6.30. The molecule has 2 aromatic heterocycles. The van der Waals surface area contributed by atoms with E-state index in [2.05, 4.69) is 10.3 Å². The van der Waals surface area contributed by atoms with Crippen molar-refractivity contribution in [1.29, 1.82) is 0 Å². The molecular formula is C14H10ClFN2O. The minimum absolute atomic E-state index is 0.338. The molecule has 0 amide bonds. The predicted molar refractivity (Wildman–Crippen MR) is 72.7 cm³/mol. The molecule has 1 aromatic carbocycles. The zero-order valence-electron chi connectivity index (χ0n) is 9.86. The maximum atomic E-state index is 13.0. The van der Waals surface area contributed by atoms with Gasteiger partial charge in [-0.2, -0.15) is 4.39 Å². The van der Waals surface area contributed by atoms with E-state index in [0.29, 0.717) is 17.6 Å². The van der Waals surface area contributed by atoms with Gasteiger partial charge in [-0.15, -0.1) is 0 Å². The molecule has 19 heavy (non-hydrogen) atoms. The maximum absolute atomic E-state index is 13.0. The second-order valence-corrected chi connectivity index (χ2v) is 4.39. The summed E-state index contributed by atoms with van der Waals surface area (Å²) in [6, 6.07) is 12.2. The second-order valence-electron chi connectivity index (χ2n) is 4.05. The van der Waals surface area contributed by atoms with Crippen LogP contribution in [0.3, 0.4) is 0 Å². The Bertz CT molecular complexity index is 726. The van der Waals surface area contributed by atoms with Crippen LogP contribution >= 0.6 is 11.6 Å². The van der Waals surface area contributed by atoms with E-state index in [0.717, 1.165) is 16.5 Å². The molecule has 0 atom stereocenters. The van der Waals surface area contributed by atoms with Crippen molar-refractivity contribution in [1.82, 2.24) is 4.98 Å². The SMILES string of the molecule is Fc1cccc(NCc2c(Cl)oc3ccccc23)n1. The van der Waals surface area contributed by atoms with E-state index in [9.17, 15) is 4.39 Å². The highest BCUT2D eigenvalue weighted by atomic mass is 35.5. The molecule has 0 spiro atoms. The number of pyridine rings is 1. The van der Waals surface area contributed by atoms with Crippen LogP contribution in [-0.2, 0) is 6.54 Å². The Balaban J connectivity index is 1.87. The lowest BCUT2D eigenvalue weighted by Crippen LogP contribution is -2.01. The maximum Gasteiger partial charge on any atom is 0.214 e. The molecule has 0 fully saturated rings. The van der Waals surface area contributed by atoms with Gasteiger partial charge in [0.15, 0.2) is 5.22 Å². The van der Waals surface area contributed by atoms with E-state index in [1.807, 2.05) is 24.3 Å². The molecule has 2 heterocycles. The molecule has 0 unspecified atom stereocenters. The fourth-order valence-corrected chi connectivity index (χ4v) is 2.17. The van der Waals surface area contributed by atoms with E-state index >= 15 is 0 Å². The first kappa shape index (κ1) is 12.0. The average Bonchev–Trinajstić information content (AvgIpc) is 2.72. The summed E-state index contributed by atoms with van der Waals surface area (Å²) in [4.78, 5) is 3.73. The van der Waals surface area contributed by atoms with Gasteiger partial charge in [0.2, 0.25) is 5.95 Å². The van der Waals surface area contributed by atoms with Crippen LogP contribution in [0.15, 0.2) is 46.9 Å². The second kappa shape index (κ2) is 4.90. The van der Waals surface area contributed by atoms with E-state index in [4.69, 9.17) is 16.0 Å². The third-order valence-electron chi connectivity index (χ3n) is 2.81. The van der Waals surface area contributed by atoms with Crippen molar-refractivity contribution in [3.8, 4) is 0 Å². The molecule has 96 valence electrons. The standard InChI is InChI=1S/C14H10ClFN2O/c15-14-10(9-4-1-2-5-11(9)19-14)8-17-13-7-3-6-12(16)18-13/h1-7H,8H2,(H,17,18). The number of nitrogens with one attached hydrogen (secondary N) is 1. The molecule has 0 aliphatic heterocycles. The Kier molecular flexibility index (Phi) is 3.09. The highest BCUT2D eigenvalue weighted by Crippen LogP contribution is 2.29. The van der Waals surface area contributed by atoms with Crippen molar-refractivity contribution < 1.29 is 8.81 Å². The first-order valence-corrected chi connectivity index (χ1v) is 6.14. The van der Waals surface area contributed by atoms with Gasteiger partial charge in [0.05, 0.1) is 0 Å². The third-order valence-corrected chi connectivity index (χ3v) is 3.12. The minimum atomic E-state index is -0.520. The van der Waals surface area contributed by atoms with Gasteiger partial charge in [0.1, 0.15) is 11.4 Å². The van der Waals surface area contributed by atoms with Gasteiger partial charge in [-0.1, -0.05) is 24.3 Å². The van der Waals surface area contributed by atoms with Gasteiger partial charge >= 0.3 is 0 Å². The zero-order chi connectivity index (χ0) is 13.2. The summed E-state index contributed by atoms with van der Waals surface area (Å²) in [7, 11) is 0. The monoisotopic (exact) mass is 276 g/mol. The Morgan fingerprint density at radius 3 is 2.84 bits per heavy atom. The zero-order valence-corrected chi connectivity index (χ0v) is 10.6. The summed E-state index contributed by atoms with van der Waals surface area (Å²) in [6.45, 7) is 0.423. The molecule has 3 rings (SSSR count). The summed E-state index contributed by atoms with van der Waals surface area (Å²) in [5, 5.41) is 4.30. The van der Waals surface area contributed by atoms with Gasteiger partial charge in [0.25, 0.3) is 0 Å². The Morgan fingerprint density at radius 1 is 1.16 bits per heavy atom. The lowest BCUT2D eigenvalue weighted by atomic mass is 10.2. The van der Waals surface area contributed by atoms with E-state index in [-0.39, 0.29) is 0 Å². The van der Waals surface area contributed by atoms with Crippen LogP contribution in [0, 0.1) is 5.95 Å². The van der Waals surface area contributed by atoms with Gasteiger partial charge < -0.3 is 9.73 Å². The van der Waals surface area contributed by atoms with Crippen molar-refractivity contribution in [3.63, 3.8) is 0 Å². The molecule has 0 saturated heterocycles. The molecule has 1 N–H and O–H groups in total. The number of para-hydroxylation sites is 1. The smallest absolute Gasteiger partial charge is 0.214 e. The first-order valence-electron chi connectivity index (χ1n) is 5.76. The number of benzene rings is 1. The van der Waals surface area contributed by atoms with Crippen LogP contribution in [0.2, 0.25) is 5.22 Å². The van der Waals surface area contributed by atoms with Crippen LogP contribution in [0.25, 0.3) is 11.0 Å². The highest BCUT2D eigenvalue weighted by Gasteiger charge is 2.11. The van der Waals surface area contributed by atoms with Gasteiger partial charge in [0, 0.05) is 17.5 Å². The molecule has 3 aromatic rings. The Morgan fingerprint density at radius 2 is 2.00 bits per heavy atom. The number of furan rings is 1. The van der Waals surface area contributed by atoms with Gasteiger partial charge in [-0.3, -0.25) is 0 Å². The predicted octanol–water partition coefficient (Wildman–Crippen LogP) is 4.23. The quantitative estimate of drug-likeness (QED) is 0.728. The van der Waals surface area contributed by atoms with Crippen molar-refractivity contribution >= 4 is 28.4 Å². The fraction of sp³-hybridized carbons (Fsp3) is 0.0714. The van der Waals surface area contributed by atoms with Gasteiger partial charge in [-0.05, 0) is 29.8 Å². The third kappa shape index (κ3) is 2.39. The molecule has 5 heteroatoms. The number of aromatic nitrogens is 1. The van der Waals surface area contributed by atoms with E-state index in [1.54, 1.807) is 12.1 Å². The number of nitrogens with zero attached hydrogens (tertiary/aromatic N) is 1. The summed E-state index contributed by atoms with van der Waals surface area (Å²) in [5.74, 6) is -0.0607. The van der Waals surface area contributed by atoms with Crippen LogP contribution in [0.4, 0.5) is 10.2 Å². The first-order chi connectivity index (χ1) is 9.24. The van der Waals surface area contributed by atoms with Crippen molar-refractivity contribution in [3.05, 3.63) is 59.2 Å². The number of hydrogen-bond acceptors (Lipinski definition) is 3. The Labute approximate surface area is 114 Å². The summed E-state index contributed by atoms with van der Waals surface area (Å²) in [5.41, 5.74) is 1.57. The number of fused-ring (bicyclic) bond motifs is 1. The van der Waals surface area contributed by atoms with Gasteiger partial charge in [-0.25, -0.2) is 4.98 Å². The average molecular weight is 277 g/mol. The molecular weight excluding hydrogens is 267 g/mol. The van der Waals surface area contributed by atoms with E-state index in [1.165, 1.54) is 6.07 Å². The lowest BCUT2D eigenvalue weighted by molar-refractivity contribution is 0.585. The summed E-state index contributed by atoms with van der Waals surface area (Å²) >= 11 is 6.06. The molecule has 0 aliphatic carbocycles. The van der Waals surface area contributed by atoms with Crippen LogP contribution < -0.4 is 5.32 Å².